The lowest BCUT2D eigenvalue weighted by Crippen LogP contribution is -2.40. The molecule has 162 valence electrons. The fourth-order valence-electron chi connectivity index (χ4n) is 3.43. The van der Waals surface area contributed by atoms with Gasteiger partial charge in [-0.15, -0.1) is 0 Å². The maximum Gasteiger partial charge on any atom is 0.243 e. The second-order valence-corrected chi connectivity index (χ2v) is 9.27. The third-order valence-corrected chi connectivity index (χ3v) is 7.03. The summed E-state index contributed by atoms with van der Waals surface area (Å²) in [6, 6.07) is 10.5. The second-order valence-electron chi connectivity index (χ2n) is 7.33. The van der Waals surface area contributed by atoms with E-state index in [9.17, 15) is 22.0 Å². The van der Waals surface area contributed by atoms with Gasteiger partial charge in [-0.3, -0.25) is 9.69 Å². The van der Waals surface area contributed by atoms with Crippen molar-refractivity contribution in [3.8, 4) is 0 Å². The van der Waals surface area contributed by atoms with Gasteiger partial charge in [0.25, 0.3) is 0 Å². The Morgan fingerprint density at radius 3 is 2.20 bits per heavy atom. The van der Waals surface area contributed by atoms with Gasteiger partial charge < -0.3 is 5.32 Å². The van der Waals surface area contributed by atoms with Crippen molar-refractivity contribution < 1.29 is 22.0 Å². The molecule has 3 rings (SSSR count). The van der Waals surface area contributed by atoms with E-state index in [1.165, 1.54) is 28.6 Å². The quantitative estimate of drug-likeness (QED) is 0.754. The summed E-state index contributed by atoms with van der Waals surface area (Å²) in [5, 5.41) is 2.89. The predicted octanol–water partition coefficient (Wildman–Crippen LogP) is 2.54. The molecule has 0 radical (unpaired) electrons. The number of carbonyl (C=O) groups is 1. The smallest absolute Gasteiger partial charge is 0.243 e. The lowest BCUT2D eigenvalue weighted by Gasteiger charge is -2.22. The topological polar surface area (TPSA) is 69.7 Å². The highest BCUT2D eigenvalue weighted by Crippen LogP contribution is 2.18. The van der Waals surface area contributed by atoms with Crippen LogP contribution in [-0.4, -0.2) is 56.3 Å². The summed E-state index contributed by atoms with van der Waals surface area (Å²) in [6.45, 7) is 3.57. The van der Waals surface area contributed by atoms with E-state index in [2.05, 4.69) is 5.32 Å². The van der Waals surface area contributed by atoms with Crippen LogP contribution in [0.15, 0.2) is 53.4 Å². The number of rotatable bonds is 6. The molecular weight excluding hydrogens is 412 g/mol. The molecule has 1 atom stereocenters. The SMILES string of the molecule is CC(NC(=O)CN1CCCN(S(=O)(=O)c2ccc(F)cc2)CC1)c1ccc(F)cc1. The molecular formula is C21H25F2N3O3S. The summed E-state index contributed by atoms with van der Waals surface area (Å²) in [5.41, 5.74) is 0.803. The van der Waals surface area contributed by atoms with Crippen LogP contribution in [0.25, 0.3) is 0 Å². The minimum absolute atomic E-state index is 0.0585. The van der Waals surface area contributed by atoms with E-state index in [1.807, 2.05) is 11.8 Å². The fraction of sp³-hybridized carbons (Fsp3) is 0.381. The highest BCUT2D eigenvalue weighted by atomic mass is 32.2. The van der Waals surface area contributed by atoms with Gasteiger partial charge in [-0.05, 0) is 61.9 Å². The molecule has 1 unspecified atom stereocenters. The molecule has 1 aliphatic rings. The molecule has 1 N–H and O–H groups in total. The number of hydrogen-bond acceptors (Lipinski definition) is 4. The summed E-state index contributed by atoms with van der Waals surface area (Å²) in [6.07, 6.45) is 0.585. The van der Waals surface area contributed by atoms with E-state index in [-0.39, 0.29) is 35.8 Å². The molecule has 1 aliphatic heterocycles. The van der Waals surface area contributed by atoms with E-state index in [4.69, 9.17) is 0 Å². The molecule has 0 aromatic heterocycles. The number of amides is 1. The van der Waals surface area contributed by atoms with Crippen molar-refractivity contribution in [1.82, 2.24) is 14.5 Å². The minimum Gasteiger partial charge on any atom is -0.348 e. The van der Waals surface area contributed by atoms with Crippen molar-refractivity contribution in [2.45, 2.75) is 24.3 Å². The van der Waals surface area contributed by atoms with Gasteiger partial charge in [0.2, 0.25) is 15.9 Å². The Hall–Kier alpha value is -2.36. The first-order valence-electron chi connectivity index (χ1n) is 9.78. The molecule has 0 saturated carbocycles. The highest BCUT2D eigenvalue weighted by molar-refractivity contribution is 7.89. The molecule has 2 aromatic rings. The number of benzene rings is 2. The average Bonchev–Trinajstić information content (AvgIpc) is 2.94. The van der Waals surface area contributed by atoms with Crippen LogP contribution < -0.4 is 5.32 Å². The van der Waals surface area contributed by atoms with Gasteiger partial charge in [0.1, 0.15) is 11.6 Å². The lowest BCUT2D eigenvalue weighted by atomic mass is 10.1. The van der Waals surface area contributed by atoms with Crippen molar-refractivity contribution >= 4 is 15.9 Å². The first-order valence-corrected chi connectivity index (χ1v) is 11.2. The van der Waals surface area contributed by atoms with E-state index in [0.29, 0.717) is 26.1 Å². The van der Waals surface area contributed by atoms with Crippen molar-refractivity contribution in [3.63, 3.8) is 0 Å². The van der Waals surface area contributed by atoms with Crippen LogP contribution in [0.1, 0.15) is 24.9 Å². The first-order chi connectivity index (χ1) is 14.3. The zero-order chi connectivity index (χ0) is 21.7. The van der Waals surface area contributed by atoms with Crippen LogP contribution in [0, 0.1) is 11.6 Å². The van der Waals surface area contributed by atoms with Gasteiger partial charge in [-0.2, -0.15) is 4.31 Å². The van der Waals surface area contributed by atoms with Crippen molar-refractivity contribution in [2.75, 3.05) is 32.7 Å². The zero-order valence-corrected chi connectivity index (χ0v) is 17.5. The minimum atomic E-state index is -3.70. The summed E-state index contributed by atoms with van der Waals surface area (Å²) in [4.78, 5) is 14.4. The summed E-state index contributed by atoms with van der Waals surface area (Å²) >= 11 is 0. The van der Waals surface area contributed by atoms with Crippen LogP contribution in [-0.2, 0) is 14.8 Å². The van der Waals surface area contributed by atoms with E-state index in [0.717, 1.165) is 17.7 Å². The molecule has 30 heavy (non-hydrogen) atoms. The first kappa shape index (κ1) is 22.3. The van der Waals surface area contributed by atoms with Gasteiger partial charge >= 0.3 is 0 Å². The normalized spacial score (nSPS) is 17.3. The number of carbonyl (C=O) groups excluding carboxylic acids is 1. The Kier molecular flexibility index (Phi) is 7.17. The zero-order valence-electron chi connectivity index (χ0n) is 16.7. The molecule has 0 spiro atoms. The monoisotopic (exact) mass is 437 g/mol. The number of sulfonamides is 1. The number of nitrogens with one attached hydrogen (secondary N) is 1. The lowest BCUT2D eigenvalue weighted by molar-refractivity contribution is -0.122. The Bertz CT molecular complexity index is 966. The maximum absolute atomic E-state index is 13.1. The predicted molar refractivity (Wildman–Crippen MR) is 109 cm³/mol. The van der Waals surface area contributed by atoms with Crippen LogP contribution in [0.2, 0.25) is 0 Å². The maximum atomic E-state index is 13.1. The molecule has 1 saturated heterocycles. The Labute approximate surface area is 175 Å². The standard InChI is InChI=1S/C21H25F2N3O3S/c1-16(17-3-5-18(22)6-4-17)24-21(27)15-25-11-2-12-26(14-13-25)30(28,29)20-9-7-19(23)8-10-20/h3-10,16H,2,11-15H2,1H3,(H,24,27). The van der Waals surface area contributed by atoms with Crippen LogP contribution in [0.5, 0.6) is 0 Å². The van der Waals surface area contributed by atoms with Crippen LogP contribution in [0.3, 0.4) is 0 Å². The van der Waals surface area contributed by atoms with Crippen molar-refractivity contribution in [2.24, 2.45) is 0 Å². The van der Waals surface area contributed by atoms with Crippen molar-refractivity contribution in [3.05, 3.63) is 65.7 Å². The molecule has 0 bridgehead atoms. The highest BCUT2D eigenvalue weighted by Gasteiger charge is 2.27. The van der Waals surface area contributed by atoms with Crippen LogP contribution in [0.4, 0.5) is 8.78 Å². The summed E-state index contributed by atoms with van der Waals surface area (Å²) in [7, 11) is -3.70. The van der Waals surface area contributed by atoms with Gasteiger partial charge in [0, 0.05) is 19.6 Å². The molecule has 9 heteroatoms. The van der Waals surface area contributed by atoms with E-state index < -0.39 is 15.8 Å². The average molecular weight is 438 g/mol. The molecule has 1 amide bonds. The molecule has 1 heterocycles. The van der Waals surface area contributed by atoms with E-state index in [1.54, 1.807) is 12.1 Å². The van der Waals surface area contributed by atoms with Gasteiger partial charge in [0.05, 0.1) is 17.5 Å². The summed E-state index contributed by atoms with van der Waals surface area (Å²) < 4.78 is 53.1. The molecule has 2 aromatic carbocycles. The molecule has 0 aliphatic carbocycles. The largest absolute Gasteiger partial charge is 0.348 e. The number of hydrogen-bond donors (Lipinski definition) is 1. The third kappa shape index (κ3) is 5.62. The third-order valence-electron chi connectivity index (χ3n) is 5.11. The number of halogens is 2. The molecule has 1 fully saturated rings. The van der Waals surface area contributed by atoms with Crippen molar-refractivity contribution in [1.29, 1.82) is 0 Å². The molecule has 6 nitrogen and oxygen atoms in total. The van der Waals surface area contributed by atoms with Gasteiger partial charge in [-0.25, -0.2) is 17.2 Å². The Balaban J connectivity index is 1.55. The Morgan fingerprint density at radius 1 is 0.967 bits per heavy atom. The Morgan fingerprint density at radius 2 is 1.57 bits per heavy atom. The van der Waals surface area contributed by atoms with Gasteiger partial charge in [0.15, 0.2) is 0 Å². The summed E-state index contributed by atoms with van der Waals surface area (Å²) in [5.74, 6) is -1.000. The fourth-order valence-corrected chi connectivity index (χ4v) is 4.90. The second kappa shape index (κ2) is 9.63. The van der Waals surface area contributed by atoms with E-state index >= 15 is 0 Å². The van der Waals surface area contributed by atoms with Gasteiger partial charge in [-0.1, -0.05) is 12.1 Å². The van der Waals surface area contributed by atoms with Crippen LogP contribution >= 0.6 is 0 Å². The number of nitrogens with zero attached hydrogens (tertiary/aromatic N) is 2.